The highest BCUT2D eigenvalue weighted by Crippen LogP contribution is 2.18. The van der Waals surface area contributed by atoms with Gasteiger partial charge in [-0.15, -0.1) is 0 Å². The lowest BCUT2D eigenvalue weighted by Gasteiger charge is -2.06. The van der Waals surface area contributed by atoms with Gasteiger partial charge < -0.3 is 9.84 Å². The summed E-state index contributed by atoms with van der Waals surface area (Å²) in [5, 5.41) is 8.51. The Morgan fingerprint density at radius 3 is 2.62 bits per heavy atom. The minimum Gasteiger partial charge on any atom is -0.475 e. The van der Waals surface area contributed by atoms with Gasteiger partial charge in [-0.05, 0) is 25.1 Å². The van der Waals surface area contributed by atoms with E-state index >= 15 is 0 Å². The summed E-state index contributed by atoms with van der Waals surface area (Å²) in [6.45, 7) is 5.11. The van der Waals surface area contributed by atoms with E-state index in [0.29, 0.717) is 5.75 Å². The first kappa shape index (κ1) is 9.32. The monoisotopic (exact) mass is 178 g/mol. The molecule has 0 aromatic heterocycles. The maximum Gasteiger partial charge on any atom is 0.371 e. The van der Waals surface area contributed by atoms with Crippen LogP contribution in [0.5, 0.6) is 5.75 Å². The fourth-order valence-corrected chi connectivity index (χ4v) is 0.847. The van der Waals surface area contributed by atoms with Crippen molar-refractivity contribution < 1.29 is 14.6 Å². The van der Waals surface area contributed by atoms with Crippen LogP contribution in [0.25, 0.3) is 0 Å². The van der Waals surface area contributed by atoms with Gasteiger partial charge in [-0.1, -0.05) is 18.2 Å². The number of hydrogen-bond acceptors (Lipinski definition) is 2. The Morgan fingerprint density at radius 1 is 1.46 bits per heavy atom. The van der Waals surface area contributed by atoms with Gasteiger partial charge in [0.05, 0.1) is 0 Å². The molecule has 0 radical (unpaired) electrons. The van der Waals surface area contributed by atoms with Crippen molar-refractivity contribution in [3.63, 3.8) is 0 Å². The molecule has 3 nitrogen and oxygen atoms in total. The SMILES string of the molecule is C=C(Oc1ccccc1C)C(=O)O. The molecular formula is C10H10O3. The number of ether oxygens (including phenoxy) is 1. The Kier molecular flexibility index (Phi) is 2.69. The molecule has 3 heteroatoms. The van der Waals surface area contributed by atoms with Gasteiger partial charge >= 0.3 is 5.97 Å². The Hall–Kier alpha value is -1.77. The predicted molar refractivity (Wildman–Crippen MR) is 48.6 cm³/mol. The molecule has 1 N–H and O–H groups in total. The van der Waals surface area contributed by atoms with Gasteiger partial charge in [-0.3, -0.25) is 0 Å². The molecule has 0 saturated carbocycles. The summed E-state index contributed by atoms with van der Waals surface area (Å²) in [5.74, 6) is -0.896. The Morgan fingerprint density at radius 2 is 2.08 bits per heavy atom. The molecule has 0 aliphatic rings. The molecule has 1 aromatic rings. The lowest BCUT2D eigenvalue weighted by Crippen LogP contribution is -2.06. The molecule has 0 saturated heterocycles. The predicted octanol–water partition coefficient (Wildman–Crippen LogP) is 1.97. The third-order valence-electron chi connectivity index (χ3n) is 1.57. The zero-order valence-electron chi connectivity index (χ0n) is 7.28. The van der Waals surface area contributed by atoms with E-state index in [0.717, 1.165) is 5.56 Å². The van der Waals surface area contributed by atoms with Crippen LogP contribution in [-0.4, -0.2) is 11.1 Å². The van der Waals surface area contributed by atoms with E-state index in [1.54, 1.807) is 12.1 Å². The van der Waals surface area contributed by atoms with Crippen molar-refractivity contribution in [2.75, 3.05) is 0 Å². The van der Waals surface area contributed by atoms with Crippen LogP contribution < -0.4 is 4.74 Å². The molecule has 0 fully saturated rings. The van der Waals surface area contributed by atoms with E-state index in [9.17, 15) is 4.79 Å². The first-order chi connectivity index (χ1) is 6.11. The minimum absolute atomic E-state index is 0.269. The van der Waals surface area contributed by atoms with Crippen LogP contribution in [0.2, 0.25) is 0 Å². The first-order valence-electron chi connectivity index (χ1n) is 3.77. The van der Waals surface area contributed by atoms with Gasteiger partial charge in [0, 0.05) is 0 Å². The highest BCUT2D eigenvalue weighted by atomic mass is 16.5. The lowest BCUT2D eigenvalue weighted by atomic mass is 10.2. The van der Waals surface area contributed by atoms with Crippen molar-refractivity contribution in [2.45, 2.75) is 6.92 Å². The van der Waals surface area contributed by atoms with E-state index in [2.05, 4.69) is 6.58 Å². The second kappa shape index (κ2) is 3.76. The molecule has 0 bridgehead atoms. The van der Waals surface area contributed by atoms with E-state index in [1.807, 2.05) is 19.1 Å². The molecular weight excluding hydrogens is 168 g/mol. The second-order valence-corrected chi connectivity index (χ2v) is 2.60. The zero-order valence-corrected chi connectivity index (χ0v) is 7.28. The van der Waals surface area contributed by atoms with Gasteiger partial charge in [-0.25, -0.2) is 4.79 Å². The Bertz CT molecular complexity index is 342. The van der Waals surface area contributed by atoms with Crippen LogP contribution in [0.3, 0.4) is 0 Å². The first-order valence-corrected chi connectivity index (χ1v) is 3.77. The average molecular weight is 178 g/mol. The van der Waals surface area contributed by atoms with Gasteiger partial charge in [0.15, 0.2) is 0 Å². The van der Waals surface area contributed by atoms with Crippen LogP contribution >= 0.6 is 0 Å². The summed E-state index contributed by atoms with van der Waals surface area (Å²) in [6.07, 6.45) is 0. The number of carbonyl (C=O) groups is 1. The molecule has 0 atom stereocenters. The third-order valence-corrected chi connectivity index (χ3v) is 1.57. The molecule has 1 rings (SSSR count). The number of aliphatic carboxylic acids is 1. The summed E-state index contributed by atoms with van der Waals surface area (Å²) in [6, 6.07) is 7.16. The average Bonchev–Trinajstić information content (AvgIpc) is 2.08. The largest absolute Gasteiger partial charge is 0.475 e. The normalized spacial score (nSPS) is 9.31. The molecule has 0 spiro atoms. The van der Waals surface area contributed by atoms with Crippen LogP contribution in [0.4, 0.5) is 0 Å². The summed E-state index contributed by atoms with van der Waals surface area (Å²) in [7, 11) is 0. The van der Waals surface area contributed by atoms with Crippen molar-refractivity contribution in [1.82, 2.24) is 0 Å². The van der Waals surface area contributed by atoms with E-state index in [-0.39, 0.29) is 5.76 Å². The molecule has 0 aliphatic carbocycles. The van der Waals surface area contributed by atoms with Crippen molar-refractivity contribution in [2.24, 2.45) is 0 Å². The fraction of sp³-hybridized carbons (Fsp3) is 0.100. The standard InChI is InChI=1S/C10H10O3/c1-7-5-3-4-6-9(7)13-8(2)10(11)12/h3-6H,2H2,1H3,(H,11,12). The zero-order chi connectivity index (χ0) is 9.84. The molecule has 1 aromatic carbocycles. The van der Waals surface area contributed by atoms with Crippen molar-refractivity contribution >= 4 is 5.97 Å². The highest BCUT2D eigenvalue weighted by Gasteiger charge is 2.07. The van der Waals surface area contributed by atoms with Crippen molar-refractivity contribution in [1.29, 1.82) is 0 Å². The molecule has 0 amide bonds. The highest BCUT2D eigenvalue weighted by molar-refractivity contribution is 5.84. The number of aryl methyl sites for hydroxylation is 1. The summed E-state index contributed by atoms with van der Waals surface area (Å²) < 4.78 is 5.01. The number of hydrogen-bond donors (Lipinski definition) is 1. The van der Waals surface area contributed by atoms with Crippen LogP contribution in [0.1, 0.15) is 5.56 Å². The quantitative estimate of drug-likeness (QED) is 0.568. The third kappa shape index (κ3) is 2.33. The van der Waals surface area contributed by atoms with Crippen LogP contribution in [0, 0.1) is 6.92 Å². The number of rotatable bonds is 3. The molecule has 0 heterocycles. The molecule has 68 valence electrons. The number of carboxylic acids is 1. The second-order valence-electron chi connectivity index (χ2n) is 2.60. The Labute approximate surface area is 76.3 Å². The smallest absolute Gasteiger partial charge is 0.371 e. The van der Waals surface area contributed by atoms with Gasteiger partial charge in [0.2, 0.25) is 5.76 Å². The topological polar surface area (TPSA) is 46.5 Å². The fourth-order valence-electron chi connectivity index (χ4n) is 0.847. The van der Waals surface area contributed by atoms with E-state index in [1.165, 1.54) is 0 Å². The van der Waals surface area contributed by atoms with E-state index in [4.69, 9.17) is 9.84 Å². The summed E-state index contributed by atoms with van der Waals surface area (Å²) in [5.41, 5.74) is 0.880. The van der Waals surface area contributed by atoms with Gasteiger partial charge in [-0.2, -0.15) is 0 Å². The maximum absolute atomic E-state index is 10.4. The number of carboxylic acid groups (broad SMARTS) is 1. The number of benzene rings is 1. The molecule has 0 aliphatic heterocycles. The summed E-state index contributed by atoms with van der Waals surface area (Å²) in [4.78, 5) is 10.4. The maximum atomic E-state index is 10.4. The van der Waals surface area contributed by atoms with Crippen LogP contribution in [0.15, 0.2) is 36.6 Å². The van der Waals surface area contributed by atoms with Crippen LogP contribution in [-0.2, 0) is 4.79 Å². The molecule has 13 heavy (non-hydrogen) atoms. The Balaban J connectivity index is 2.81. The number of para-hydroxylation sites is 1. The van der Waals surface area contributed by atoms with Gasteiger partial charge in [0.25, 0.3) is 0 Å². The van der Waals surface area contributed by atoms with Gasteiger partial charge in [0.1, 0.15) is 5.75 Å². The van der Waals surface area contributed by atoms with Crippen molar-refractivity contribution in [3.05, 3.63) is 42.2 Å². The lowest BCUT2D eigenvalue weighted by molar-refractivity contribution is -0.135. The van der Waals surface area contributed by atoms with Crippen molar-refractivity contribution in [3.8, 4) is 5.75 Å². The minimum atomic E-state index is -1.15. The summed E-state index contributed by atoms with van der Waals surface area (Å²) >= 11 is 0. The molecule has 0 unspecified atom stereocenters. The van der Waals surface area contributed by atoms with E-state index < -0.39 is 5.97 Å².